The average molecular weight is 385 g/mol. The van der Waals surface area contributed by atoms with E-state index < -0.39 is 17.9 Å². The average Bonchev–Trinajstić information content (AvgIpc) is 2.60. The predicted octanol–water partition coefficient (Wildman–Crippen LogP) is 3.69. The minimum Gasteiger partial charge on any atom is -0.505 e. The summed E-state index contributed by atoms with van der Waals surface area (Å²) in [6.45, 7) is 2.52. The number of para-hydroxylation sites is 1. The zero-order valence-corrected chi connectivity index (χ0v) is 14.5. The molecular formula is C18H19F4N3O2. The highest BCUT2D eigenvalue weighted by atomic mass is 19.4. The summed E-state index contributed by atoms with van der Waals surface area (Å²) < 4.78 is 54.8. The van der Waals surface area contributed by atoms with Gasteiger partial charge in [0.1, 0.15) is 5.75 Å². The molecular weight excluding hydrogens is 366 g/mol. The molecule has 0 aliphatic rings. The molecule has 0 bridgehead atoms. The minimum absolute atomic E-state index is 0.0437. The molecule has 2 rings (SSSR count). The minimum atomic E-state index is -4.78. The van der Waals surface area contributed by atoms with Gasteiger partial charge in [0.05, 0.1) is 6.54 Å². The van der Waals surface area contributed by atoms with Crippen molar-refractivity contribution in [1.82, 2.24) is 10.6 Å². The highest BCUT2D eigenvalue weighted by Gasteiger charge is 2.31. The SMILES string of the molecule is CCNC(=NCc1ccc(O)c(F)c1)NCc1ccccc1OC(F)(F)F. The maximum Gasteiger partial charge on any atom is 0.573 e. The van der Waals surface area contributed by atoms with E-state index in [4.69, 9.17) is 0 Å². The summed E-state index contributed by atoms with van der Waals surface area (Å²) in [4.78, 5) is 4.26. The maximum absolute atomic E-state index is 13.4. The fourth-order valence-corrected chi connectivity index (χ4v) is 2.21. The Balaban J connectivity index is 2.07. The highest BCUT2D eigenvalue weighted by Crippen LogP contribution is 2.26. The van der Waals surface area contributed by atoms with Crippen LogP contribution in [0.25, 0.3) is 0 Å². The van der Waals surface area contributed by atoms with Gasteiger partial charge in [0.25, 0.3) is 0 Å². The molecule has 2 aromatic carbocycles. The lowest BCUT2D eigenvalue weighted by molar-refractivity contribution is -0.274. The van der Waals surface area contributed by atoms with E-state index in [0.29, 0.717) is 23.6 Å². The molecule has 3 N–H and O–H groups in total. The third-order valence-corrected chi connectivity index (χ3v) is 3.42. The van der Waals surface area contributed by atoms with Gasteiger partial charge < -0.3 is 20.5 Å². The number of hydrogen-bond acceptors (Lipinski definition) is 3. The summed E-state index contributed by atoms with van der Waals surface area (Å²) >= 11 is 0. The van der Waals surface area contributed by atoms with Gasteiger partial charge in [-0.2, -0.15) is 0 Å². The van der Waals surface area contributed by atoms with E-state index in [0.717, 1.165) is 6.07 Å². The Morgan fingerprint density at radius 1 is 1.15 bits per heavy atom. The maximum atomic E-state index is 13.4. The van der Waals surface area contributed by atoms with Crippen LogP contribution in [-0.2, 0) is 13.1 Å². The molecule has 5 nitrogen and oxygen atoms in total. The van der Waals surface area contributed by atoms with Gasteiger partial charge in [-0.25, -0.2) is 9.38 Å². The molecule has 0 fully saturated rings. The van der Waals surface area contributed by atoms with Crippen molar-refractivity contribution in [3.05, 3.63) is 59.4 Å². The first-order valence-electron chi connectivity index (χ1n) is 8.11. The topological polar surface area (TPSA) is 65.9 Å². The molecule has 0 aliphatic heterocycles. The number of alkyl halides is 3. The number of nitrogens with zero attached hydrogens (tertiary/aromatic N) is 1. The number of ether oxygens (including phenoxy) is 1. The molecule has 0 radical (unpaired) electrons. The molecule has 2 aromatic rings. The third-order valence-electron chi connectivity index (χ3n) is 3.42. The van der Waals surface area contributed by atoms with Crippen molar-refractivity contribution in [3.8, 4) is 11.5 Å². The predicted molar refractivity (Wildman–Crippen MR) is 92.8 cm³/mol. The van der Waals surface area contributed by atoms with E-state index in [9.17, 15) is 22.7 Å². The quantitative estimate of drug-likeness (QED) is 0.403. The zero-order chi connectivity index (χ0) is 19.9. The number of guanidine groups is 1. The summed E-state index contributed by atoms with van der Waals surface area (Å²) in [5, 5.41) is 15.1. The molecule has 9 heteroatoms. The van der Waals surface area contributed by atoms with Crippen LogP contribution in [0.15, 0.2) is 47.5 Å². The van der Waals surface area contributed by atoms with Crippen molar-refractivity contribution < 1.29 is 27.4 Å². The van der Waals surface area contributed by atoms with Crippen LogP contribution in [0.3, 0.4) is 0 Å². The number of phenols is 1. The second-order valence-corrected chi connectivity index (χ2v) is 5.49. The molecule has 0 heterocycles. The van der Waals surface area contributed by atoms with Gasteiger partial charge in [0, 0.05) is 18.7 Å². The van der Waals surface area contributed by atoms with Gasteiger partial charge in [0.15, 0.2) is 17.5 Å². The van der Waals surface area contributed by atoms with Gasteiger partial charge >= 0.3 is 6.36 Å². The molecule has 0 saturated heterocycles. The summed E-state index contributed by atoms with van der Waals surface area (Å²) in [5.41, 5.74) is 0.833. The van der Waals surface area contributed by atoms with E-state index in [2.05, 4.69) is 20.4 Å². The molecule has 0 atom stereocenters. The van der Waals surface area contributed by atoms with Crippen LogP contribution in [0.2, 0.25) is 0 Å². The van der Waals surface area contributed by atoms with E-state index in [-0.39, 0.29) is 18.8 Å². The Morgan fingerprint density at radius 2 is 1.89 bits per heavy atom. The Morgan fingerprint density at radius 3 is 2.56 bits per heavy atom. The normalized spacial score (nSPS) is 12.0. The number of benzene rings is 2. The van der Waals surface area contributed by atoms with Crippen LogP contribution in [0.4, 0.5) is 17.6 Å². The van der Waals surface area contributed by atoms with Crippen molar-refractivity contribution in [3.63, 3.8) is 0 Å². The van der Waals surface area contributed by atoms with Gasteiger partial charge in [-0.15, -0.1) is 13.2 Å². The van der Waals surface area contributed by atoms with Crippen molar-refractivity contribution in [2.75, 3.05) is 6.54 Å². The second kappa shape index (κ2) is 9.11. The van der Waals surface area contributed by atoms with E-state index in [1.165, 1.54) is 30.3 Å². The number of aliphatic imine (C=N–C) groups is 1. The van der Waals surface area contributed by atoms with Gasteiger partial charge in [0.2, 0.25) is 0 Å². The van der Waals surface area contributed by atoms with Crippen molar-refractivity contribution in [1.29, 1.82) is 0 Å². The molecule has 146 valence electrons. The fraction of sp³-hybridized carbons (Fsp3) is 0.278. The fourth-order valence-electron chi connectivity index (χ4n) is 2.21. The van der Waals surface area contributed by atoms with E-state index >= 15 is 0 Å². The number of halogens is 4. The molecule has 0 aromatic heterocycles. The largest absolute Gasteiger partial charge is 0.573 e. The van der Waals surface area contributed by atoms with Crippen LogP contribution in [-0.4, -0.2) is 24.0 Å². The first-order valence-corrected chi connectivity index (χ1v) is 8.11. The van der Waals surface area contributed by atoms with Crippen LogP contribution in [0, 0.1) is 5.82 Å². The number of aromatic hydroxyl groups is 1. The van der Waals surface area contributed by atoms with E-state index in [1.807, 2.05) is 6.92 Å². The summed E-state index contributed by atoms with van der Waals surface area (Å²) in [6, 6.07) is 9.70. The lowest BCUT2D eigenvalue weighted by Gasteiger charge is -2.15. The monoisotopic (exact) mass is 385 g/mol. The van der Waals surface area contributed by atoms with Crippen LogP contribution < -0.4 is 15.4 Å². The van der Waals surface area contributed by atoms with Gasteiger partial charge in [-0.3, -0.25) is 0 Å². The summed E-state index contributed by atoms with van der Waals surface area (Å²) in [6.07, 6.45) is -4.78. The van der Waals surface area contributed by atoms with Crippen molar-refractivity contribution in [2.24, 2.45) is 4.99 Å². The smallest absolute Gasteiger partial charge is 0.505 e. The Bertz CT molecular complexity index is 794. The molecule has 0 spiro atoms. The third kappa shape index (κ3) is 6.69. The van der Waals surface area contributed by atoms with Crippen molar-refractivity contribution >= 4 is 5.96 Å². The molecule has 0 amide bonds. The highest BCUT2D eigenvalue weighted by molar-refractivity contribution is 5.79. The lowest BCUT2D eigenvalue weighted by atomic mass is 10.2. The Kier molecular flexibility index (Phi) is 6.86. The number of rotatable bonds is 6. The number of nitrogens with one attached hydrogen (secondary N) is 2. The second-order valence-electron chi connectivity index (χ2n) is 5.49. The first kappa shape index (κ1) is 20.3. The number of phenolic OH excluding ortho intramolecular Hbond substituents is 1. The molecule has 27 heavy (non-hydrogen) atoms. The van der Waals surface area contributed by atoms with Crippen LogP contribution in [0.5, 0.6) is 11.5 Å². The van der Waals surface area contributed by atoms with E-state index in [1.54, 1.807) is 6.07 Å². The lowest BCUT2D eigenvalue weighted by Crippen LogP contribution is -2.37. The Labute approximate surface area is 153 Å². The molecule has 0 unspecified atom stereocenters. The van der Waals surface area contributed by atoms with Gasteiger partial charge in [-0.1, -0.05) is 24.3 Å². The standard InChI is InChI=1S/C18H19F4N3O2/c1-2-23-17(24-10-12-7-8-15(26)14(19)9-12)25-11-13-5-3-4-6-16(13)27-18(20,21)22/h3-9,26H,2,10-11H2,1H3,(H2,23,24,25). The van der Waals surface area contributed by atoms with Crippen LogP contribution in [0.1, 0.15) is 18.1 Å². The molecule has 0 saturated carbocycles. The molecule has 0 aliphatic carbocycles. The summed E-state index contributed by atoms with van der Waals surface area (Å²) in [5.74, 6) is -1.16. The Hall–Kier alpha value is -2.97. The van der Waals surface area contributed by atoms with Gasteiger partial charge in [-0.05, 0) is 30.7 Å². The summed E-state index contributed by atoms with van der Waals surface area (Å²) in [7, 11) is 0. The van der Waals surface area contributed by atoms with Crippen LogP contribution >= 0.6 is 0 Å². The van der Waals surface area contributed by atoms with Crippen molar-refractivity contribution in [2.45, 2.75) is 26.4 Å². The first-order chi connectivity index (χ1) is 12.8. The number of hydrogen-bond donors (Lipinski definition) is 3. The zero-order valence-electron chi connectivity index (χ0n) is 14.5.